The van der Waals surface area contributed by atoms with Crippen LogP contribution in [0, 0.1) is 0 Å². The zero-order valence-electron chi connectivity index (χ0n) is 12.4. The molecule has 1 fully saturated rings. The monoisotopic (exact) mass is 350 g/mol. The van der Waals surface area contributed by atoms with Crippen LogP contribution in [0.4, 0.5) is 11.6 Å². The van der Waals surface area contributed by atoms with Crippen molar-refractivity contribution >= 4 is 40.7 Å². The topological polar surface area (TPSA) is 58.1 Å². The van der Waals surface area contributed by atoms with E-state index < -0.39 is 0 Å². The molecule has 0 saturated carbocycles. The Balaban J connectivity index is 1.70. The lowest BCUT2D eigenvalue weighted by Gasteiger charge is -2.26. The van der Waals surface area contributed by atoms with Crippen molar-refractivity contribution in [2.24, 2.45) is 0 Å². The maximum atomic E-state index is 12.3. The fraction of sp³-hybridized carbons (Fsp3) is 0.312. The van der Waals surface area contributed by atoms with E-state index in [1.54, 1.807) is 30.6 Å². The third-order valence-electron chi connectivity index (χ3n) is 3.66. The molecule has 2 heterocycles. The van der Waals surface area contributed by atoms with Crippen LogP contribution < -0.4 is 5.32 Å². The lowest BCUT2D eigenvalue weighted by molar-refractivity contribution is 0.0723. The predicted molar refractivity (Wildman–Crippen MR) is 91.5 cm³/mol. The summed E-state index contributed by atoms with van der Waals surface area (Å²) in [6, 6.07) is 5.10. The molecule has 0 radical (unpaired) electrons. The van der Waals surface area contributed by atoms with Crippen LogP contribution in [-0.4, -0.2) is 33.9 Å². The molecule has 1 aromatic heterocycles. The average molecular weight is 351 g/mol. The van der Waals surface area contributed by atoms with Crippen molar-refractivity contribution in [3.8, 4) is 0 Å². The summed E-state index contributed by atoms with van der Waals surface area (Å²) in [4.78, 5) is 22.6. The van der Waals surface area contributed by atoms with Crippen LogP contribution in [-0.2, 0) is 0 Å². The lowest BCUT2D eigenvalue weighted by atomic mass is 10.1. The number of benzene rings is 1. The number of carbonyl (C=O) groups is 1. The molecule has 0 aliphatic carbocycles. The maximum Gasteiger partial charge on any atom is 0.256 e. The molecular weight excluding hydrogens is 335 g/mol. The largest absolute Gasteiger partial charge is 0.339 e. The zero-order valence-corrected chi connectivity index (χ0v) is 13.9. The Morgan fingerprint density at radius 3 is 2.22 bits per heavy atom. The van der Waals surface area contributed by atoms with Gasteiger partial charge < -0.3 is 10.2 Å². The highest BCUT2D eigenvalue weighted by Crippen LogP contribution is 2.24. The number of anilines is 2. The second-order valence-corrected chi connectivity index (χ2v) is 6.30. The fourth-order valence-electron chi connectivity index (χ4n) is 2.54. The molecule has 1 saturated heterocycles. The van der Waals surface area contributed by atoms with Gasteiger partial charge in [-0.3, -0.25) is 4.79 Å². The second-order valence-electron chi connectivity index (χ2n) is 5.43. The third-order valence-corrected chi connectivity index (χ3v) is 4.10. The molecule has 2 aromatic rings. The van der Waals surface area contributed by atoms with Gasteiger partial charge in [0, 0.05) is 41.2 Å². The standard InChI is InChI=1S/C16H16Cl2N4O/c17-12-6-13(18)8-14(7-12)21-16-19-9-11(10-20-16)15(23)22-4-2-1-3-5-22/h6-10H,1-5H2,(H,19,20,21). The van der Waals surface area contributed by atoms with E-state index in [4.69, 9.17) is 23.2 Å². The van der Waals surface area contributed by atoms with Gasteiger partial charge in [-0.15, -0.1) is 0 Å². The first kappa shape index (κ1) is 16.0. The van der Waals surface area contributed by atoms with Crippen LogP contribution in [0.2, 0.25) is 10.0 Å². The molecule has 1 aliphatic rings. The number of hydrogen-bond donors (Lipinski definition) is 1. The first-order chi connectivity index (χ1) is 11.1. The third kappa shape index (κ3) is 4.12. The van der Waals surface area contributed by atoms with Gasteiger partial charge in [-0.05, 0) is 37.5 Å². The molecule has 1 amide bonds. The highest BCUT2D eigenvalue weighted by atomic mass is 35.5. The van der Waals surface area contributed by atoms with E-state index in [0.717, 1.165) is 25.9 Å². The van der Waals surface area contributed by atoms with Gasteiger partial charge in [-0.25, -0.2) is 9.97 Å². The molecular formula is C16H16Cl2N4O. The number of piperidine rings is 1. The minimum atomic E-state index is -0.0120. The van der Waals surface area contributed by atoms with Crippen LogP contribution in [0.3, 0.4) is 0 Å². The van der Waals surface area contributed by atoms with Gasteiger partial charge in [-0.1, -0.05) is 23.2 Å². The maximum absolute atomic E-state index is 12.3. The van der Waals surface area contributed by atoms with Crippen LogP contribution in [0.25, 0.3) is 0 Å². The van der Waals surface area contributed by atoms with Gasteiger partial charge in [0.15, 0.2) is 0 Å². The van der Waals surface area contributed by atoms with Crippen molar-refractivity contribution in [1.82, 2.24) is 14.9 Å². The Labute approximate surface area is 144 Å². The van der Waals surface area contributed by atoms with Gasteiger partial charge in [0.2, 0.25) is 5.95 Å². The summed E-state index contributed by atoms with van der Waals surface area (Å²) in [5.74, 6) is 0.376. The Kier molecular flexibility index (Phi) is 4.98. The van der Waals surface area contributed by atoms with Crippen molar-refractivity contribution in [3.63, 3.8) is 0 Å². The summed E-state index contributed by atoms with van der Waals surface area (Å²) >= 11 is 11.9. The molecule has 1 N–H and O–H groups in total. The van der Waals surface area contributed by atoms with Gasteiger partial charge >= 0.3 is 0 Å². The number of aromatic nitrogens is 2. The first-order valence-corrected chi connectivity index (χ1v) is 8.22. The van der Waals surface area contributed by atoms with Crippen molar-refractivity contribution in [2.75, 3.05) is 18.4 Å². The Bertz CT molecular complexity index is 679. The van der Waals surface area contributed by atoms with Crippen molar-refractivity contribution in [2.45, 2.75) is 19.3 Å². The van der Waals surface area contributed by atoms with Crippen molar-refractivity contribution in [3.05, 3.63) is 46.2 Å². The zero-order chi connectivity index (χ0) is 16.2. The predicted octanol–water partition coefficient (Wildman–Crippen LogP) is 4.15. The van der Waals surface area contributed by atoms with E-state index in [0.29, 0.717) is 27.2 Å². The van der Waals surface area contributed by atoms with Crippen LogP contribution in [0.5, 0.6) is 0 Å². The van der Waals surface area contributed by atoms with Crippen LogP contribution in [0.1, 0.15) is 29.6 Å². The van der Waals surface area contributed by atoms with Gasteiger partial charge in [-0.2, -0.15) is 0 Å². The molecule has 0 bridgehead atoms. The van der Waals surface area contributed by atoms with Crippen LogP contribution >= 0.6 is 23.2 Å². The number of nitrogens with one attached hydrogen (secondary N) is 1. The summed E-state index contributed by atoms with van der Waals surface area (Å²) in [5, 5.41) is 4.07. The van der Waals surface area contributed by atoms with E-state index in [-0.39, 0.29) is 5.91 Å². The molecule has 3 rings (SSSR count). The van der Waals surface area contributed by atoms with E-state index in [1.807, 2.05) is 4.90 Å². The quantitative estimate of drug-likeness (QED) is 0.902. The molecule has 7 heteroatoms. The molecule has 120 valence electrons. The van der Waals surface area contributed by atoms with Gasteiger partial charge in [0.1, 0.15) is 0 Å². The summed E-state index contributed by atoms with van der Waals surface area (Å²) < 4.78 is 0. The number of halogens is 2. The summed E-state index contributed by atoms with van der Waals surface area (Å²) in [5.41, 5.74) is 1.19. The highest BCUT2D eigenvalue weighted by Gasteiger charge is 2.18. The second kappa shape index (κ2) is 7.15. The number of hydrogen-bond acceptors (Lipinski definition) is 4. The molecule has 1 aromatic carbocycles. The lowest BCUT2D eigenvalue weighted by Crippen LogP contribution is -2.35. The Hall–Kier alpha value is -1.85. The minimum absolute atomic E-state index is 0.0120. The molecule has 0 unspecified atom stereocenters. The first-order valence-electron chi connectivity index (χ1n) is 7.46. The van der Waals surface area contributed by atoms with E-state index in [2.05, 4.69) is 15.3 Å². The van der Waals surface area contributed by atoms with Gasteiger partial charge in [0.25, 0.3) is 5.91 Å². The van der Waals surface area contributed by atoms with Crippen molar-refractivity contribution in [1.29, 1.82) is 0 Å². The van der Waals surface area contributed by atoms with E-state index >= 15 is 0 Å². The van der Waals surface area contributed by atoms with E-state index in [9.17, 15) is 4.79 Å². The average Bonchev–Trinajstić information content (AvgIpc) is 2.55. The number of carbonyl (C=O) groups excluding carboxylic acids is 1. The van der Waals surface area contributed by atoms with Gasteiger partial charge in [0.05, 0.1) is 5.56 Å². The molecule has 1 aliphatic heterocycles. The Morgan fingerprint density at radius 1 is 1.00 bits per heavy atom. The number of likely N-dealkylation sites (tertiary alicyclic amines) is 1. The smallest absolute Gasteiger partial charge is 0.256 e. The molecule has 0 atom stereocenters. The summed E-state index contributed by atoms with van der Waals surface area (Å²) in [6.07, 6.45) is 6.38. The fourth-order valence-corrected chi connectivity index (χ4v) is 3.06. The Morgan fingerprint density at radius 2 is 1.61 bits per heavy atom. The number of nitrogens with zero attached hydrogens (tertiary/aromatic N) is 3. The highest BCUT2D eigenvalue weighted by molar-refractivity contribution is 6.35. The summed E-state index contributed by atoms with van der Waals surface area (Å²) in [7, 11) is 0. The molecule has 5 nitrogen and oxygen atoms in total. The SMILES string of the molecule is O=C(c1cnc(Nc2cc(Cl)cc(Cl)c2)nc1)N1CCCCC1. The van der Waals surface area contributed by atoms with Crippen molar-refractivity contribution < 1.29 is 4.79 Å². The molecule has 0 spiro atoms. The summed E-state index contributed by atoms with van der Waals surface area (Å²) in [6.45, 7) is 1.61. The normalized spacial score (nSPS) is 14.6. The van der Waals surface area contributed by atoms with Crippen LogP contribution in [0.15, 0.2) is 30.6 Å². The minimum Gasteiger partial charge on any atom is -0.339 e. The number of amides is 1. The van der Waals surface area contributed by atoms with E-state index in [1.165, 1.54) is 6.42 Å². The number of rotatable bonds is 3. The molecule has 23 heavy (non-hydrogen) atoms.